The van der Waals surface area contributed by atoms with Crippen LogP contribution < -0.4 is 9.64 Å². The number of aliphatic hydroxyl groups is 1. The zero-order valence-electron chi connectivity index (χ0n) is 9.78. The molecule has 0 aliphatic carbocycles. The van der Waals surface area contributed by atoms with Crippen molar-refractivity contribution in [2.75, 3.05) is 25.1 Å². The molecule has 0 unspecified atom stereocenters. The van der Waals surface area contributed by atoms with E-state index in [0.29, 0.717) is 0 Å². The molecule has 0 saturated carbocycles. The van der Waals surface area contributed by atoms with Crippen LogP contribution in [-0.2, 0) is 6.61 Å². The number of aliphatic hydroxyl groups excluding tert-OH is 1. The summed E-state index contributed by atoms with van der Waals surface area (Å²) >= 11 is 0. The summed E-state index contributed by atoms with van der Waals surface area (Å²) in [5, 5.41) is 9.39. The molecule has 3 nitrogen and oxygen atoms in total. The van der Waals surface area contributed by atoms with Crippen molar-refractivity contribution < 1.29 is 9.84 Å². The van der Waals surface area contributed by atoms with E-state index in [9.17, 15) is 5.11 Å². The van der Waals surface area contributed by atoms with Gasteiger partial charge < -0.3 is 14.7 Å². The van der Waals surface area contributed by atoms with Gasteiger partial charge >= 0.3 is 0 Å². The molecule has 0 bridgehead atoms. The molecule has 1 aliphatic heterocycles. The zero-order chi connectivity index (χ0) is 11.4. The summed E-state index contributed by atoms with van der Waals surface area (Å²) in [4.78, 5) is 2.36. The molecule has 3 heteroatoms. The minimum Gasteiger partial charge on any atom is -0.497 e. The molecule has 1 aromatic carbocycles. The summed E-state index contributed by atoms with van der Waals surface area (Å²) in [5.74, 6) is 0.810. The first-order chi connectivity index (χ1) is 7.85. The molecule has 0 atom stereocenters. The lowest BCUT2D eigenvalue weighted by Gasteiger charge is -2.30. The maximum atomic E-state index is 9.39. The van der Waals surface area contributed by atoms with E-state index in [1.54, 1.807) is 7.11 Å². The third kappa shape index (κ3) is 2.30. The van der Waals surface area contributed by atoms with Gasteiger partial charge in [0, 0.05) is 24.3 Å². The number of ether oxygens (including phenoxy) is 1. The van der Waals surface area contributed by atoms with Gasteiger partial charge in [-0.3, -0.25) is 0 Å². The first-order valence-corrected chi connectivity index (χ1v) is 5.88. The maximum absolute atomic E-state index is 9.39. The molecule has 1 N–H and O–H groups in total. The van der Waals surface area contributed by atoms with Gasteiger partial charge in [0.1, 0.15) is 5.75 Å². The van der Waals surface area contributed by atoms with E-state index in [1.807, 2.05) is 12.1 Å². The third-order valence-corrected chi connectivity index (χ3v) is 3.15. The lowest BCUT2D eigenvalue weighted by atomic mass is 10.1. The van der Waals surface area contributed by atoms with Gasteiger partial charge in [0.2, 0.25) is 0 Å². The zero-order valence-corrected chi connectivity index (χ0v) is 9.78. The maximum Gasteiger partial charge on any atom is 0.119 e. The van der Waals surface area contributed by atoms with Crippen LogP contribution in [0.2, 0.25) is 0 Å². The summed E-state index contributed by atoms with van der Waals surface area (Å²) in [6, 6.07) is 5.93. The van der Waals surface area contributed by atoms with Crippen molar-refractivity contribution >= 4 is 5.69 Å². The molecule has 88 valence electrons. The normalized spacial score (nSPS) is 16.2. The SMILES string of the molecule is COc1ccc(N2CCCCC2)c(CO)c1. The Morgan fingerprint density at radius 3 is 2.62 bits per heavy atom. The Balaban J connectivity index is 2.24. The van der Waals surface area contributed by atoms with E-state index in [2.05, 4.69) is 11.0 Å². The smallest absolute Gasteiger partial charge is 0.119 e. The number of benzene rings is 1. The van der Waals surface area contributed by atoms with Crippen LogP contribution in [0.15, 0.2) is 18.2 Å². The molecule has 2 rings (SSSR count). The Bertz CT molecular complexity index is 346. The van der Waals surface area contributed by atoms with Gasteiger partial charge in [-0.15, -0.1) is 0 Å². The molecule has 1 aromatic rings. The van der Waals surface area contributed by atoms with Gasteiger partial charge in [0.05, 0.1) is 13.7 Å². The highest BCUT2D eigenvalue weighted by Gasteiger charge is 2.14. The standard InChI is InChI=1S/C13H19NO2/c1-16-12-5-6-13(11(9-12)10-15)14-7-3-2-4-8-14/h5-6,9,15H,2-4,7-8,10H2,1H3. The van der Waals surface area contributed by atoms with Crippen LogP contribution in [0.1, 0.15) is 24.8 Å². The lowest BCUT2D eigenvalue weighted by molar-refractivity contribution is 0.281. The highest BCUT2D eigenvalue weighted by atomic mass is 16.5. The molecule has 0 amide bonds. The minimum atomic E-state index is 0.0725. The van der Waals surface area contributed by atoms with Crippen molar-refractivity contribution in [2.45, 2.75) is 25.9 Å². The van der Waals surface area contributed by atoms with E-state index < -0.39 is 0 Å². The Hall–Kier alpha value is -1.22. The van der Waals surface area contributed by atoms with Crippen LogP contribution in [0.3, 0.4) is 0 Å². The molecule has 1 aliphatic rings. The molecule has 0 spiro atoms. The number of hydrogen-bond acceptors (Lipinski definition) is 3. The molecule has 1 heterocycles. The Morgan fingerprint density at radius 2 is 2.00 bits per heavy atom. The summed E-state index contributed by atoms with van der Waals surface area (Å²) in [6.07, 6.45) is 3.81. The molecule has 0 aromatic heterocycles. The molecule has 0 radical (unpaired) electrons. The van der Waals surface area contributed by atoms with Crippen LogP contribution in [0.4, 0.5) is 5.69 Å². The van der Waals surface area contributed by atoms with Crippen molar-refractivity contribution in [1.29, 1.82) is 0 Å². The quantitative estimate of drug-likeness (QED) is 0.849. The first-order valence-electron chi connectivity index (χ1n) is 5.88. The predicted molar refractivity (Wildman–Crippen MR) is 65.0 cm³/mol. The Labute approximate surface area is 96.6 Å². The van der Waals surface area contributed by atoms with Gasteiger partial charge in [0.25, 0.3) is 0 Å². The van der Waals surface area contributed by atoms with E-state index in [1.165, 1.54) is 19.3 Å². The second-order valence-corrected chi connectivity index (χ2v) is 4.20. The summed E-state index contributed by atoms with van der Waals surface area (Å²) < 4.78 is 5.17. The van der Waals surface area contributed by atoms with Crippen LogP contribution >= 0.6 is 0 Å². The van der Waals surface area contributed by atoms with E-state index in [-0.39, 0.29) is 6.61 Å². The van der Waals surface area contributed by atoms with Crippen molar-refractivity contribution in [3.05, 3.63) is 23.8 Å². The molecular weight excluding hydrogens is 202 g/mol. The molecule has 1 saturated heterocycles. The predicted octanol–water partition coefficient (Wildman–Crippen LogP) is 2.18. The van der Waals surface area contributed by atoms with E-state index in [0.717, 1.165) is 30.1 Å². The van der Waals surface area contributed by atoms with Crippen LogP contribution in [0.5, 0.6) is 5.75 Å². The van der Waals surface area contributed by atoms with Crippen LogP contribution in [0, 0.1) is 0 Å². The number of methoxy groups -OCH3 is 1. The average Bonchev–Trinajstić information content (AvgIpc) is 2.39. The summed E-state index contributed by atoms with van der Waals surface area (Å²) in [5.41, 5.74) is 2.12. The lowest BCUT2D eigenvalue weighted by Crippen LogP contribution is -2.30. The van der Waals surface area contributed by atoms with Gasteiger partial charge in [-0.05, 0) is 37.5 Å². The fourth-order valence-electron chi connectivity index (χ4n) is 2.26. The van der Waals surface area contributed by atoms with Gasteiger partial charge in [-0.1, -0.05) is 0 Å². The summed E-state index contributed by atoms with van der Waals surface area (Å²) in [7, 11) is 1.65. The molecule has 1 fully saturated rings. The molecule has 16 heavy (non-hydrogen) atoms. The highest BCUT2D eigenvalue weighted by Crippen LogP contribution is 2.27. The largest absolute Gasteiger partial charge is 0.497 e. The van der Waals surface area contributed by atoms with Crippen molar-refractivity contribution in [3.8, 4) is 5.75 Å². The number of rotatable bonds is 3. The second-order valence-electron chi connectivity index (χ2n) is 4.20. The van der Waals surface area contributed by atoms with Crippen molar-refractivity contribution in [1.82, 2.24) is 0 Å². The van der Waals surface area contributed by atoms with Gasteiger partial charge in [0.15, 0.2) is 0 Å². The topological polar surface area (TPSA) is 32.7 Å². The molecular formula is C13H19NO2. The van der Waals surface area contributed by atoms with Gasteiger partial charge in [-0.25, -0.2) is 0 Å². The number of nitrogens with zero attached hydrogens (tertiary/aromatic N) is 1. The third-order valence-electron chi connectivity index (χ3n) is 3.15. The number of hydrogen-bond donors (Lipinski definition) is 1. The summed E-state index contributed by atoms with van der Waals surface area (Å²) in [6.45, 7) is 2.27. The number of anilines is 1. The average molecular weight is 221 g/mol. The first kappa shape index (κ1) is 11.3. The second kappa shape index (κ2) is 5.21. The van der Waals surface area contributed by atoms with Crippen LogP contribution in [-0.4, -0.2) is 25.3 Å². The fourth-order valence-corrected chi connectivity index (χ4v) is 2.26. The minimum absolute atomic E-state index is 0.0725. The van der Waals surface area contributed by atoms with Crippen LogP contribution in [0.25, 0.3) is 0 Å². The Morgan fingerprint density at radius 1 is 1.25 bits per heavy atom. The highest BCUT2D eigenvalue weighted by molar-refractivity contribution is 5.56. The monoisotopic (exact) mass is 221 g/mol. The van der Waals surface area contributed by atoms with E-state index >= 15 is 0 Å². The van der Waals surface area contributed by atoms with Gasteiger partial charge in [-0.2, -0.15) is 0 Å². The fraction of sp³-hybridized carbons (Fsp3) is 0.538. The number of piperidine rings is 1. The van der Waals surface area contributed by atoms with Crippen molar-refractivity contribution in [2.24, 2.45) is 0 Å². The Kier molecular flexibility index (Phi) is 3.67. The van der Waals surface area contributed by atoms with E-state index in [4.69, 9.17) is 4.74 Å². The van der Waals surface area contributed by atoms with Crippen molar-refractivity contribution in [3.63, 3.8) is 0 Å².